The lowest BCUT2D eigenvalue weighted by Crippen LogP contribution is -3.12. The van der Waals surface area contributed by atoms with Crippen molar-refractivity contribution in [2.24, 2.45) is 0 Å². The normalized spacial score (nSPS) is 28.5. The number of carbonyl (C=O) groups excluding carboxylic acids is 2. The van der Waals surface area contributed by atoms with Gasteiger partial charge in [-0.05, 0) is 31.0 Å². The van der Waals surface area contributed by atoms with E-state index in [1.54, 1.807) is 0 Å². The fourth-order valence-electron chi connectivity index (χ4n) is 5.42. The molecule has 4 aliphatic rings. The van der Waals surface area contributed by atoms with E-state index in [9.17, 15) is 9.59 Å². The number of carbonyl (C=O) groups is 2. The van der Waals surface area contributed by atoms with Crippen LogP contribution in [0, 0.1) is 0 Å². The molecule has 2 saturated heterocycles. The predicted octanol–water partition coefficient (Wildman–Crippen LogP) is 1.78. The summed E-state index contributed by atoms with van der Waals surface area (Å²) in [4.78, 5) is 28.6. The first kappa shape index (κ1) is 18.7. The maximum atomic E-state index is 13.1. The lowest BCUT2D eigenvalue weighted by atomic mass is 9.82. The van der Waals surface area contributed by atoms with Gasteiger partial charge in [-0.15, -0.1) is 0 Å². The van der Waals surface area contributed by atoms with E-state index in [1.807, 2.05) is 6.07 Å². The molecule has 2 atom stereocenters. The van der Waals surface area contributed by atoms with Gasteiger partial charge in [0.05, 0.1) is 19.8 Å². The molecule has 3 heterocycles. The van der Waals surface area contributed by atoms with E-state index in [2.05, 4.69) is 17.4 Å². The van der Waals surface area contributed by atoms with Gasteiger partial charge in [0.25, 0.3) is 5.91 Å². The molecule has 3 fully saturated rings. The van der Waals surface area contributed by atoms with Crippen LogP contribution < -0.4 is 19.7 Å². The maximum absolute atomic E-state index is 13.1. The molecule has 1 aromatic rings. The molecule has 0 aromatic heterocycles. The minimum atomic E-state index is -0.640. The smallest absolute Gasteiger partial charge is 0.329 e. The highest BCUT2D eigenvalue weighted by Crippen LogP contribution is 2.35. The van der Waals surface area contributed by atoms with Crippen LogP contribution in [0.4, 0.5) is 4.79 Å². The fraction of sp³-hybridized carbons (Fsp3) is 0.636. The van der Waals surface area contributed by atoms with Crippen molar-refractivity contribution in [3.63, 3.8) is 0 Å². The van der Waals surface area contributed by atoms with Crippen molar-refractivity contribution in [1.29, 1.82) is 0 Å². The lowest BCUT2D eigenvalue weighted by molar-refractivity contribution is -0.925. The number of rotatable bonds is 3. The molecule has 3 aliphatic heterocycles. The molecule has 1 aliphatic carbocycles. The Kier molecular flexibility index (Phi) is 4.86. The van der Waals surface area contributed by atoms with E-state index in [-0.39, 0.29) is 18.0 Å². The van der Waals surface area contributed by atoms with Crippen LogP contribution in [0.5, 0.6) is 11.5 Å². The molecule has 156 valence electrons. The summed E-state index contributed by atoms with van der Waals surface area (Å²) < 4.78 is 11.6. The number of nitrogens with one attached hydrogen (secondary N) is 2. The zero-order chi connectivity index (χ0) is 19.8. The first-order chi connectivity index (χ1) is 14.2. The molecule has 1 aromatic carbocycles. The number of nitrogens with zero attached hydrogens (tertiary/aromatic N) is 1. The molecule has 1 saturated carbocycles. The van der Waals surface area contributed by atoms with Crippen LogP contribution in [0.1, 0.15) is 63.0 Å². The van der Waals surface area contributed by atoms with Gasteiger partial charge in [0.15, 0.2) is 18.2 Å². The minimum Gasteiger partial charge on any atom is -0.490 e. The topological polar surface area (TPSA) is 72.3 Å². The van der Waals surface area contributed by atoms with Crippen LogP contribution in [0.3, 0.4) is 0 Å². The summed E-state index contributed by atoms with van der Waals surface area (Å²) in [5.74, 6) is 1.60. The van der Waals surface area contributed by atoms with Crippen molar-refractivity contribution in [3.8, 4) is 11.5 Å². The van der Waals surface area contributed by atoms with Crippen molar-refractivity contribution in [1.82, 2.24) is 10.2 Å². The first-order valence-electron chi connectivity index (χ1n) is 11.0. The lowest BCUT2D eigenvalue weighted by Gasteiger charge is -2.31. The standard InChI is InChI=1S/C22H29N3O4/c26-20-22(9-2-1-3-10-22)23-21(27)25(20)15-24-11-4-6-17(24)16-7-8-18-19(14-16)29-13-5-12-28-18/h7-8,14,17H,1-6,9-13,15H2,(H,23,27)/p+1/t17-/m1/s1. The summed E-state index contributed by atoms with van der Waals surface area (Å²) in [7, 11) is 0. The van der Waals surface area contributed by atoms with Gasteiger partial charge in [-0.25, -0.2) is 9.69 Å². The van der Waals surface area contributed by atoms with E-state index in [4.69, 9.17) is 9.47 Å². The SMILES string of the molecule is O=C1NC2(CCCCC2)C(=O)N1C[NH+]1CCC[C@@H]1c1ccc2c(c1)OCCCO2. The number of urea groups is 1. The molecule has 0 radical (unpaired) electrons. The van der Waals surface area contributed by atoms with Gasteiger partial charge in [0.1, 0.15) is 11.6 Å². The molecule has 7 heteroatoms. The van der Waals surface area contributed by atoms with Crippen LogP contribution >= 0.6 is 0 Å². The summed E-state index contributed by atoms with van der Waals surface area (Å²) in [6.45, 7) is 2.75. The van der Waals surface area contributed by atoms with Crippen LogP contribution in [0.2, 0.25) is 0 Å². The minimum absolute atomic E-state index is 0.0148. The van der Waals surface area contributed by atoms with E-state index >= 15 is 0 Å². The van der Waals surface area contributed by atoms with Gasteiger partial charge in [-0.3, -0.25) is 4.79 Å². The Morgan fingerprint density at radius 3 is 2.66 bits per heavy atom. The summed E-state index contributed by atoms with van der Waals surface area (Å²) in [5.41, 5.74) is 0.556. The second kappa shape index (κ2) is 7.52. The Morgan fingerprint density at radius 2 is 1.83 bits per heavy atom. The van der Waals surface area contributed by atoms with Crippen LogP contribution in [-0.4, -0.2) is 48.8 Å². The van der Waals surface area contributed by atoms with E-state index in [1.165, 1.54) is 15.4 Å². The highest BCUT2D eigenvalue weighted by Gasteiger charge is 2.52. The van der Waals surface area contributed by atoms with Crippen molar-refractivity contribution in [3.05, 3.63) is 23.8 Å². The zero-order valence-electron chi connectivity index (χ0n) is 16.9. The number of imide groups is 1. The Hall–Kier alpha value is -2.28. The third-order valence-electron chi connectivity index (χ3n) is 6.97. The van der Waals surface area contributed by atoms with Crippen molar-refractivity contribution < 1.29 is 24.0 Å². The van der Waals surface area contributed by atoms with Crippen LogP contribution in [0.15, 0.2) is 18.2 Å². The van der Waals surface area contributed by atoms with Gasteiger partial charge < -0.3 is 19.7 Å². The van der Waals surface area contributed by atoms with Gasteiger partial charge in [0.2, 0.25) is 0 Å². The second-order valence-corrected chi connectivity index (χ2v) is 8.82. The maximum Gasteiger partial charge on any atom is 0.329 e. The van der Waals surface area contributed by atoms with Crippen LogP contribution in [-0.2, 0) is 4.79 Å². The Bertz CT molecular complexity index is 805. The van der Waals surface area contributed by atoms with Crippen LogP contribution in [0.25, 0.3) is 0 Å². The number of likely N-dealkylation sites (tertiary alicyclic amines) is 1. The quantitative estimate of drug-likeness (QED) is 0.759. The fourth-order valence-corrected chi connectivity index (χ4v) is 5.42. The molecule has 1 unspecified atom stereocenters. The number of hydrogen-bond donors (Lipinski definition) is 2. The number of hydrogen-bond acceptors (Lipinski definition) is 4. The first-order valence-corrected chi connectivity index (χ1v) is 11.0. The zero-order valence-corrected chi connectivity index (χ0v) is 16.9. The summed E-state index contributed by atoms with van der Waals surface area (Å²) >= 11 is 0. The largest absolute Gasteiger partial charge is 0.490 e. The Morgan fingerprint density at radius 1 is 1.03 bits per heavy atom. The average Bonchev–Trinajstić information content (AvgIpc) is 3.17. The summed E-state index contributed by atoms with van der Waals surface area (Å²) in [6.07, 6.45) is 7.73. The molecular weight excluding hydrogens is 370 g/mol. The second-order valence-electron chi connectivity index (χ2n) is 8.82. The number of quaternary nitrogens is 1. The molecule has 5 rings (SSSR count). The molecule has 29 heavy (non-hydrogen) atoms. The third-order valence-corrected chi connectivity index (χ3v) is 6.97. The Balaban J connectivity index is 1.33. The number of amides is 3. The monoisotopic (exact) mass is 400 g/mol. The van der Waals surface area contributed by atoms with E-state index in [0.717, 1.165) is 69.4 Å². The Labute approximate surface area is 171 Å². The van der Waals surface area contributed by atoms with Crippen molar-refractivity contribution >= 4 is 11.9 Å². The van der Waals surface area contributed by atoms with Gasteiger partial charge in [-0.1, -0.05) is 19.3 Å². The highest BCUT2D eigenvalue weighted by molar-refractivity contribution is 6.06. The molecule has 1 spiro atoms. The van der Waals surface area contributed by atoms with Crippen molar-refractivity contribution in [2.75, 3.05) is 26.4 Å². The van der Waals surface area contributed by atoms with Gasteiger partial charge in [0, 0.05) is 24.8 Å². The predicted molar refractivity (Wildman–Crippen MR) is 106 cm³/mol. The molecule has 2 N–H and O–H groups in total. The average molecular weight is 400 g/mol. The number of fused-ring (bicyclic) bond motifs is 1. The van der Waals surface area contributed by atoms with Crippen molar-refractivity contribution in [2.45, 2.75) is 62.9 Å². The summed E-state index contributed by atoms with van der Waals surface area (Å²) in [6, 6.07) is 6.24. The third kappa shape index (κ3) is 3.35. The van der Waals surface area contributed by atoms with E-state index in [0.29, 0.717) is 19.9 Å². The highest BCUT2D eigenvalue weighted by atomic mass is 16.5. The number of benzene rings is 1. The summed E-state index contributed by atoms with van der Waals surface area (Å²) in [5, 5.41) is 3.03. The van der Waals surface area contributed by atoms with E-state index < -0.39 is 5.54 Å². The number of ether oxygens (including phenoxy) is 2. The molecule has 0 bridgehead atoms. The molecule has 7 nitrogen and oxygen atoms in total. The van der Waals surface area contributed by atoms with Gasteiger partial charge in [-0.2, -0.15) is 0 Å². The molecule has 3 amide bonds. The van der Waals surface area contributed by atoms with Gasteiger partial charge >= 0.3 is 6.03 Å². The molecular formula is C22H30N3O4+.